The van der Waals surface area contributed by atoms with Crippen LogP contribution in [-0.2, 0) is 11.3 Å². The van der Waals surface area contributed by atoms with Gasteiger partial charge in [-0.25, -0.2) is 0 Å². The lowest BCUT2D eigenvalue weighted by Crippen LogP contribution is -2.43. The number of hydrogen-bond acceptors (Lipinski definition) is 4. The number of carbonyl (C=O) groups excluding carboxylic acids is 2. The Morgan fingerprint density at radius 2 is 1.76 bits per heavy atom. The van der Waals surface area contributed by atoms with Gasteiger partial charge in [-0.2, -0.15) is 0 Å². The molecule has 0 fully saturated rings. The summed E-state index contributed by atoms with van der Waals surface area (Å²) in [4.78, 5) is 30.1. The van der Waals surface area contributed by atoms with Crippen molar-refractivity contribution in [2.24, 2.45) is 11.8 Å². The molecule has 0 saturated heterocycles. The SMILES string of the molecule is CC(C)C(=O)N(Cc1cc(NC(=O)c2cccs2)ccc1N(C)C)[C@H](C)C(C)C. The first-order chi connectivity index (χ1) is 13.6. The van der Waals surface area contributed by atoms with E-state index in [1.807, 2.05) is 73.5 Å². The fourth-order valence-electron chi connectivity index (χ4n) is 3.12. The second kappa shape index (κ2) is 9.92. The number of nitrogens with zero attached hydrogens (tertiary/aromatic N) is 2. The fourth-order valence-corrected chi connectivity index (χ4v) is 3.74. The van der Waals surface area contributed by atoms with Gasteiger partial charge < -0.3 is 15.1 Å². The van der Waals surface area contributed by atoms with Gasteiger partial charge in [-0.15, -0.1) is 11.3 Å². The van der Waals surface area contributed by atoms with Crippen molar-refractivity contribution in [3.63, 3.8) is 0 Å². The van der Waals surface area contributed by atoms with Crippen LogP contribution in [0.1, 0.15) is 49.9 Å². The summed E-state index contributed by atoms with van der Waals surface area (Å²) in [6, 6.07) is 9.67. The summed E-state index contributed by atoms with van der Waals surface area (Å²) in [6.45, 7) is 10.8. The minimum absolute atomic E-state index is 0.0688. The topological polar surface area (TPSA) is 52.7 Å². The third-order valence-corrected chi connectivity index (χ3v) is 6.01. The average Bonchev–Trinajstić information content (AvgIpc) is 3.19. The number of carbonyl (C=O) groups is 2. The first kappa shape index (κ1) is 22.9. The minimum atomic E-state index is -0.116. The number of benzene rings is 1. The van der Waals surface area contributed by atoms with Crippen LogP contribution in [0.15, 0.2) is 35.7 Å². The molecule has 0 aliphatic carbocycles. The van der Waals surface area contributed by atoms with E-state index in [1.165, 1.54) is 11.3 Å². The second-order valence-electron chi connectivity index (χ2n) is 8.27. The molecule has 29 heavy (non-hydrogen) atoms. The third kappa shape index (κ3) is 5.82. The zero-order valence-electron chi connectivity index (χ0n) is 18.5. The van der Waals surface area contributed by atoms with Crippen molar-refractivity contribution >= 4 is 34.5 Å². The van der Waals surface area contributed by atoms with Crippen molar-refractivity contribution in [3.05, 3.63) is 46.2 Å². The smallest absolute Gasteiger partial charge is 0.265 e. The summed E-state index contributed by atoms with van der Waals surface area (Å²) in [5.74, 6) is 0.307. The Morgan fingerprint density at radius 1 is 1.07 bits per heavy atom. The zero-order valence-corrected chi connectivity index (χ0v) is 19.3. The highest BCUT2D eigenvalue weighted by atomic mass is 32.1. The summed E-state index contributed by atoms with van der Waals surface area (Å²) in [6.07, 6.45) is 0. The molecule has 0 spiro atoms. The Morgan fingerprint density at radius 3 is 2.28 bits per heavy atom. The molecule has 0 aliphatic heterocycles. The second-order valence-corrected chi connectivity index (χ2v) is 9.22. The van der Waals surface area contributed by atoms with Gasteiger partial charge >= 0.3 is 0 Å². The molecule has 2 rings (SSSR count). The van der Waals surface area contributed by atoms with Gasteiger partial charge in [0, 0.05) is 44.0 Å². The number of nitrogens with one attached hydrogen (secondary N) is 1. The van der Waals surface area contributed by atoms with Crippen molar-refractivity contribution in [1.29, 1.82) is 0 Å². The lowest BCUT2D eigenvalue weighted by Gasteiger charge is -2.34. The molecule has 0 aliphatic rings. The van der Waals surface area contributed by atoms with Crippen molar-refractivity contribution in [1.82, 2.24) is 4.90 Å². The molecular weight excluding hydrogens is 382 g/mol. The summed E-state index contributed by atoms with van der Waals surface area (Å²) in [5, 5.41) is 4.86. The summed E-state index contributed by atoms with van der Waals surface area (Å²) in [5.41, 5.74) is 2.79. The molecule has 2 aromatic rings. The molecule has 1 N–H and O–H groups in total. The van der Waals surface area contributed by atoms with Crippen molar-refractivity contribution in [2.45, 2.75) is 47.2 Å². The highest BCUT2D eigenvalue weighted by molar-refractivity contribution is 7.12. The van der Waals surface area contributed by atoms with Crippen LogP contribution < -0.4 is 10.2 Å². The quantitative estimate of drug-likeness (QED) is 0.653. The molecule has 0 saturated carbocycles. The van der Waals surface area contributed by atoms with E-state index in [9.17, 15) is 9.59 Å². The minimum Gasteiger partial charge on any atom is -0.377 e. The number of thiophene rings is 1. The number of rotatable bonds is 8. The van der Waals surface area contributed by atoms with Crippen LogP contribution in [0.2, 0.25) is 0 Å². The van der Waals surface area contributed by atoms with Gasteiger partial charge in [-0.1, -0.05) is 33.8 Å². The van der Waals surface area contributed by atoms with Crippen molar-refractivity contribution in [3.8, 4) is 0 Å². The predicted octanol–water partition coefficient (Wildman–Crippen LogP) is 5.10. The fraction of sp³-hybridized carbons (Fsp3) is 0.478. The van der Waals surface area contributed by atoms with Gasteiger partial charge in [0.15, 0.2) is 0 Å². The van der Waals surface area contributed by atoms with Gasteiger partial charge in [0.2, 0.25) is 5.91 Å². The summed E-state index contributed by atoms with van der Waals surface area (Å²) >= 11 is 1.41. The molecule has 158 valence electrons. The Labute approximate surface area is 178 Å². The number of hydrogen-bond donors (Lipinski definition) is 1. The molecule has 1 atom stereocenters. The van der Waals surface area contributed by atoms with Gasteiger partial charge in [0.25, 0.3) is 5.91 Å². The molecule has 0 bridgehead atoms. The van der Waals surface area contributed by atoms with Crippen LogP contribution in [0.3, 0.4) is 0 Å². The number of anilines is 2. The highest BCUT2D eigenvalue weighted by Gasteiger charge is 2.26. The Kier molecular flexibility index (Phi) is 7.85. The molecule has 0 radical (unpaired) electrons. The molecule has 1 aromatic carbocycles. The molecule has 1 aromatic heterocycles. The van der Waals surface area contributed by atoms with Crippen LogP contribution in [0.25, 0.3) is 0 Å². The normalized spacial score (nSPS) is 12.2. The van der Waals surface area contributed by atoms with Gasteiger partial charge in [0.1, 0.15) is 0 Å². The van der Waals surface area contributed by atoms with Gasteiger partial charge in [0.05, 0.1) is 4.88 Å². The van der Waals surface area contributed by atoms with E-state index < -0.39 is 0 Å². The lowest BCUT2D eigenvalue weighted by atomic mass is 10.0. The van der Waals surface area contributed by atoms with Crippen LogP contribution in [0.4, 0.5) is 11.4 Å². The summed E-state index contributed by atoms with van der Waals surface area (Å²) < 4.78 is 0. The van der Waals surface area contributed by atoms with E-state index in [-0.39, 0.29) is 23.8 Å². The Balaban J connectivity index is 2.36. The molecule has 1 heterocycles. The first-order valence-corrected chi connectivity index (χ1v) is 10.9. The summed E-state index contributed by atoms with van der Waals surface area (Å²) in [7, 11) is 3.98. The zero-order chi connectivity index (χ0) is 21.7. The van der Waals surface area contributed by atoms with E-state index in [1.54, 1.807) is 0 Å². The maximum atomic E-state index is 12.9. The van der Waals surface area contributed by atoms with Gasteiger partial charge in [-0.05, 0) is 48.1 Å². The maximum Gasteiger partial charge on any atom is 0.265 e. The van der Waals surface area contributed by atoms with Crippen LogP contribution in [-0.4, -0.2) is 36.9 Å². The van der Waals surface area contributed by atoms with E-state index in [2.05, 4.69) is 26.1 Å². The Hall–Kier alpha value is -2.34. The van der Waals surface area contributed by atoms with Crippen LogP contribution in [0, 0.1) is 11.8 Å². The van der Waals surface area contributed by atoms with Crippen LogP contribution >= 0.6 is 11.3 Å². The molecule has 0 unspecified atom stereocenters. The highest BCUT2D eigenvalue weighted by Crippen LogP contribution is 2.27. The van der Waals surface area contributed by atoms with Crippen molar-refractivity contribution in [2.75, 3.05) is 24.3 Å². The standard InChI is InChI=1S/C23H33N3O2S/c1-15(2)17(5)26(23(28)16(3)4)14-18-13-19(10-11-20(18)25(6)7)24-22(27)21-9-8-12-29-21/h8-13,15-17H,14H2,1-7H3,(H,24,27)/t17-/m1/s1. The molecular formula is C23H33N3O2S. The lowest BCUT2D eigenvalue weighted by molar-refractivity contribution is -0.138. The predicted molar refractivity (Wildman–Crippen MR) is 123 cm³/mol. The van der Waals surface area contributed by atoms with E-state index in [4.69, 9.17) is 0 Å². The maximum absolute atomic E-state index is 12.9. The number of amides is 2. The van der Waals surface area contributed by atoms with Crippen LogP contribution in [0.5, 0.6) is 0 Å². The monoisotopic (exact) mass is 415 g/mol. The third-order valence-electron chi connectivity index (χ3n) is 5.14. The molecule has 5 nitrogen and oxygen atoms in total. The molecule has 2 amide bonds. The average molecular weight is 416 g/mol. The largest absolute Gasteiger partial charge is 0.377 e. The first-order valence-electron chi connectivity index (χ1n) is 10.1. The van der Waals surface area contributed by atoms with E-state index in [0.717, 1.165) is 16.9 Å². The Bertz CT molecular complexity index is 829. The van der Waals surface area contributed by atoms with E-state index in [0.29, 0.717) is 17.3 Å². The van der Waals surface area contributed by atoms with E-state index >= 15 is 0 Å². The van der Waals surface area contributed by atoms with Gasteiger partial charge in [-0.3, -0.25) is 9.59 Å². The molecule has 6 heteroatoms. The van der Waals surface area contributed by atoms with Crippen molar-refractivity contribution < 1.29 is 9.59 Å².